The van der Waals surface area contributed by atoms with Gasteiger partial charge in [-0.1, -0.05) is 12.2 Å². The molecule has 5 atom stereocenters. The number of hydrogen-bond acceptors (Lipinski definition) is 5. The second kappa shape index (κ2) is 6.17. The van der Waals surface area contributed by atoms with Gasteiger partial charge in [0.1, 0.15) is 0 Å². The highest BCUT2D eigenvalue weighted by atomic mass is 16.5. The molecule has 28 heavy (non-hydrogen) atoms. The molecule has 1 amide bonds. The van der Waals surface area contributed by atoms with Gasteiger partial charge < -0.3 is 14.5 Å². The number of nitrogens with zero attached hydrogens (tertiary/aromatic N) is 3. The number of fused-ring (bicyclic) bond motifs is 5. The molecule has 148 valence electrons. The standard InChI is InChI=1S/C21H26N4O3/c26-19-14-5-3-12-10-25(20(27)15-9-13-4-6-17(15)28-13)11-16(12)18(14)22-21(23-19)24-7-1-2-8-24/h4,6,12-13,15-17H,1-3,5,7-11H2,(H,22,23,26)/t12-,13?,15?,16+,17?/m1/s1. The Kier molecular flexibility index (Phi) is 3.70. The number of carbonyl (C=O) groups excluding carboxylic acids is 1. The highest BCUT2D eigenvalue weighted by Gasteiger charge is 2.47. The molecule has 0 radical (unpaired) electrons. The fourth-order valence-electron chi connectivity index (χ4n) is 5.86. The first kappa shape index (κ1) is 16.8. The summed E-state index contributed by atoms with van der Waals surface area (Å²) in [5, 5.41) is 0. The summed E-state index contributed by atoms with van der Waals surface area (Å²) in [4.78, 5) is 38.0. The lowest BCUT2D eigenvalue weighted by molar-refractivity contribution is -0.135. The maximum Gasteiger partial charge on any atom is 0.255 e. The van der Waals surface area contributed by atoms with Crippen molar-refractivity contribution in [3.8, 4) is 0 Å². The van der Waals surface area contributed by atoms with E-state index in [0.29, 0.717) is 12.5 Å². The molecule has 5 heterocycles. The van der Waals surface area contributed by atoms with E-state index in [1.54, 1.807) is 0 Å². The van der Waals surface area contributed by atoms with Gasteiger partial charge in [0.15, 0.2) is 0 Å². The monoisotopic (exact) mass is 382 g/mol. The topological polar surface area (TPSA) is 78.5 Å². The first-order valence-corrected chi connectivity index (χ1v) is 10.7. The van der Waals surface area contributed by atoms with Crippen LogP contribution in [0.1, 0.15) is 42.9 Å². The summed E-state index contributed by atoms with van der Waals surface area (Å²) in [7, 11) is 0. The second-order valence-electron chi connectivity index (χ2n) is 8.96. The molecule has 0 saturated carbocycles. The SMILES string of the molecule is O=C(C1CC2C=CC1O2)N1C[C@H]2CCc3c(nc(N4CCCC4)[nH]c3=O)[C@H]2C1. The van der Waals surface area contributed by atoms with Crippen LogP contribution in [0.5, 0.6) is 0 Å². The van der Waals surface area contributed by atoms with E-state index in [1.165, 1.54) is 0 Å². The Morgan fingerprint density at radius 2 is 2.07 bits per heavy atom. The third-order valence-corrected chi connectivity index (χ3v) is 7.36. The van der Waals surface area contributed by atoms with Gasteiger partial charge >= 0.3 is 0 Å². The van der Waals surface area contributed by atoms with Crippen LogP contribution in [0.3, 0.4) is 0 Å². The molecule has 3 unspecified atom stereocenters. The minimum atomic E-state index is -0.0462. The van der Waals surface area contributed by atoms with Crippen LogP contribution < -0.4 is 10.5 Å². The number of amides is 1. The van der Waals surface area contributed by atoms with Gasteiger partial charge in [0.05, 0.1) is 23.8 Å². The van der Waals surface area contributed by atoms with Gasteiger partial charge in [0, 0.05) is 37.7 Å². The average molecular weight is 382 g/mol. The molecule has 1 aromatic heterocycles. The Bertz CT molecular complexity index is 903. The van der Waals surface area contributed by atoms with Gasteiger partial charge in [-0.15, -0.1) is 0 Å². The van der Waals surface area contributed by atoms with E-state index in [9.17, 15) is 9.59 Å². The third-order valence-electron chi connectivity index (χ3n) is 7.36. The molecule has 0 spiro atoms. The quantitative estimate of drug-likeness (QED) is 0.778. The minimum absolute atomic E-state index is 0.0155. The molecule has 1 N–H and O–H groups in total. The molecule has 4 aliphatic heterocycles. The summed E-state index contributed by atoms with van der Waals surface area (Å²) in [6, 6.07) is 0. The summed E-state index contributed by atoms with van der Waals surface area (Å²) >= 11 is 0. The Hall–Kier alpha value is -2.15. The van der Waals surface area contributed by atoms with Crippen molar-refractivity contribution in [1.29, 1.82) is 0 Å². The maximum absolute atomic E-state index is 13.2. The van der Waals surface area contributed by atoms with Crippen LogP contribution in [0.15, 0.2) is 16.9 Å². The normalized spacial score (nSPS) is 35.5. The zero-order chi connectivity index (χ0) is 18.8. The van der Waals surface area contributed by atoms with E-state index in [2.05, 4.69) is 16.0 Å². The average Bonchev–Trinajstić information content (AvgIpc) is 3.50. The summed E-state index contributed by atoms with van der Waals surface area (Å²) in [5.41, 5.74) is 1.80. The minimum Gasteiger partial charge on any atom is -0.366 e. The zero-order valence-corrected chi connectivity index (χ0v) is 16.0. The number of nitrogens with one attached hydrogen (secondary N) is 1. The van der Waals surface area contributed by atoms with E-state index in [1.807, 2.05) is 11.0 Å². The lowest BCUT2D eigenvalue weighted by atomic mass is 9.80. The van der Waals surface area contributed by atoms with Crippen LogP contribution in [0.4, 0.5) is 5.95 Å². The predicted molar refractivity (Wildman–Crippen MR) is 103 cm³/mol. The summed E-state index contributed by atoms with van der Waals surface area (Å²) in [6.45, 7) is 3.38. The largest absolute Gasteiger partial charge is 0.366 e. The third kappa shape index (κ3) is 2.48. The Balaban J connectivity index is 1.27. The number of rotatable bonds is 2. The van der Waals surface area contributed by atoms with Crippen LogP contribution in [-0.4, -0.2) is 59.2 Å². The smallest absolute Gasteiger partial charge is 0.255 e. The van der Waals surface area contributed by atoms with Gasteiger partial charge in [0.25, 0.3) is 5.56 Å². The highest BCUT2D eigenvalue weighted by Crippen LogP contribution is 2.42. The van der Waals surface area contributed by atoms with E-state index < -0.39 is 0 Å². The fourth-order valence-corrected chi connectivity index (χ4v) is 5.86. The molecule has 1 aliphatic carbocycles. The maximum atomic E-state index is 13.2. The Labute approximate surface area is 163 Å². The number of carbonyl (C=O) groups is 1. The van der Waals surface area contributed by atoms with E-state index >= 15 is 0 Å². The molecule has 5 aliphatic rings. The van der Waals surface area contributed by atoms with Crippen LogP contribution >= 0.6 is 0 Å². The van der Waals surface area contributed by atoms with Gasteiger partial charge in [0.2, 0.25) is 11.9 Å². The number of aromatic amines is 1. The molecule has 6 rings (SSSR count). The molecule has 0 aromatic carbocycles. The van der Waals surface area contributed by atoms with Gasteiger partial charge in [-0.25, -0.2) is 4.98 Å². The predicted octanol–water partition coefficient (Wildman–Crippen LogP) is 1.20. The van der Waals surface area contributed by atoms with Crippen LogP contribution in [0, 0.1) is 11.8 Å². The van der Waals surface area contributed by atoms with Crippen molar-refractivity contribution in [2.45, 2.75) is 50.2 Å². The number of anilines is 1. The molecule has 7 nitrogen and oxygen atoms in total. The zero-order valence-electron chi connectivity index (χ0n) is 16.0. The van der Waals surface area contributed by atoms with E-state index in [-0.39, 0.29) is 35.5 Å². The van der Waals surface area contributed by atoms with Crippen molar-refractivity contribution in [3.63, 3.8) is 0 Å². The van der Waals surface area contributed by atoms with E-state index in [0.717, 1.165) is 68.9 Å². The molecule has 3 saturated heterocycles. The number of hydrogen-bond donors (Lipinski definition) is 1. The summed E-state index contributed by atoms with van der Waals surface area (Å²) in [5.74, 6) is 1.50. The fraction of sp³-hybridized carbons (Fsp3) is 0.667. The molecule has 3 fully saturated rings. The molecular weight excluding hydrogens is 356 g/mol. The number of aromatic nitrogens is 2. The van der Waals surface area contributed by atoms with Crippen molar-refractivity contribution in [2.24, 2.45) is 11.8 Å². The number of H-pyrrole nitrogens is 1. The van der Waals surface area contributed by atoms with Crippen molar-refractivity contribution in [2.75, 3.05) is 31.1 Å². The Morgan fingerprint density at radius 1 is 1.21 bits per heavy atom. The van der Waals surface area contributed by atoms with Crippen LogP contribution in [0.25, 0.3) is 0 Å². The van der Waals surface area contributed by atoms with Gasteiger partial charge in [-0.05, 0) is 38.0 Å². The van der Waals surface area contributed by atoms with Crippen molar-refractivity contribution >= 4 is 11.9 Å². The lowest BCUT2D eigenvalue weighted by Gasteiger charge is -2.27. The van der Waals surface area contributed by atoms with E-state index in [4.69, 9.17) is 9.72 Å². The van der Waals surface area contributed by atoms with Crippen molar-refractivity contribution in [1.82, 2.24) is 14.9 Å². The van der Waals surface area contributed by atoms with Gasteiger partial charge in [-0.3, -0.25) is 14.6 Å². The summed E-state index contributed by atoms with van der Waals surface area (Å²) in [6.07, 6.45) is 9.01. The number of ether oxygens (including phenoxy) is 1. The van der Waals surface area contributed by atoms with Crippen LogP contribution in [-0.2, 0) is 16.0 Å². The molecule has 2 bridgehead atoms. The van der Waals surface area contributed by atoms with Crippen molar-refractivity contribution < 1.29 is 9.53 Å². The first-order chi connectivity index (χ1) is 13.7. The van der Waals surface area contributed by atoms with Crippen LogP contribution in [0.2, 0.25) is 0 Å². The highest BCUT2D eigenvalue weighted by molar-refractivity contribution is 5.81. The summed E-state index contributed by atoms with van der Waals surface area (Å²) < 4.78 is 5.81. The van der Waals surface area contributed by atoms with Gasteiger partial charge in [-0.2, -0.15) is 0 Å². The van der Waals surface area contributed by atoms with Crippen molar-refractivity contribution in [3.05, 3.63) is 33.8 Å². The second-order valence-corrected chi connectivity index (χ2v) is 8.96. The first-order valence-electron chi connectivity index (χ1n) is 10.7. The molecule has 7 heteroatoms. The molecule has 1 aromatic rings. The number of likely N-dealkylation sites (tertiary alicyclic amines) is 1. The lowest BCUT2D eigenvalue weighted by Crippen LogP contribution is -2.38. The molecular formula is C21H26N4O3. The Morgan fingerprint density at radius 3 is 2.82 bits per heavy atom.